The first-order chi connectivity index (χ1) is 25.3. The Morgan fingerprint density at radius 2 is 1.41 bits per heavy atom. The summed E-state index contributed by atoms with van der Waals surface area (Å²) in [6.07, 6.45) is 26.4. The number of para-hydroxylation sites is 1. The molecule has 4 heterocycles. The smallest absolute Gasteiger partial charge is 0.0861 e. The molecule has 2 N–H and O–H groups in total. The van der Waals surface area contributed by atoms with E-state index in [9.17, 15) is 0 Å². The molecule has 1 saturated heterocycles. The summed E-state index contributed by atoms with van der Waals surface area (Å²) in [5.41, 5.74) is 9.99. The fourth-order valence-corrected chi connectivity index (χ4v) is 12.3. The summed E-state index contributed by atoms with van der Waals surface area (Å²) >= 11 is 3.95. The Morgan fingerprint density at radius 1 is 0.667 bits per heavy atom. The van der Waals surface area contributed by atoms with Crippen molar-refractivity contribution < 1.29 is 0 Å². The van der Waals surface area contributed by atoms with E-state index in [1.54, 1.807) is 0 Å². The van der Waals surface area contributed by atoms with Gasteiger partial charge in [-0.25, -0.2) is 0 Å². The third-order valence-corrected chi connectivity index (χ3v) is 14.4. The molecule has 6 aliphatic rings. The lowest BCUT2D eigenvalue weighted by Gasteiger charge is -2.42. The molecule has 7 unspecified atom stereocenters. The molecule has 0 bridgehead atoms. The molecule has 3 aliphatic carbocycles. The van der Waals surface area contributed by atoms with E-state index in [2.05, 4.69) is 161 Å². The Kier molecular flexibility index (Phi) is 7.18. The van der Waals surface area contributed by atoms with E-state index in [-0.39, 0.29) is 18.2 Å². The Balaban J connectivity index is 1.07. The van der Waals surface area contributed by atoms with Crippen LogP contribution < -0.4 is 15.5 Å². The summed E-state index contributed by atoms with van der Waals surface area (Å²) in [5, 5.41) is 11.8. The van der Waals surface area contributed by atoms with E-state index in [4.69, 9.17) is 0 Å². The van der Waals surface area contributed by atoms with Crippen LogP contribution in [0.3, 0.4) is 0 Å². The molecule has 3 aliphatic heterocycles. The van der Waals surface area contributed by atoms with Crippen molar-refractivity contribution in [1.82, 2.24) is 10.6 Å². The van der Waals surface area contributed by atoms with Gasteiger partial charge in [0.1, 0.15) is 0 Å². The molecular formula is C46H39N3S2. The van der Waals surface area contributed by atoms with Gasteiger partial charge in [0, 0.05) is 71.2 Å². The lowest BCUT2D eigenvalue weighted by Crippen LogP contribution is -2.53. The largest absolute Gasteiger partial charge is 0.337 e. The van der Waals surface area contributed by atoms with Gasteiger partial charge in [0.15, 0.2) is 0 Å². The number of anilines is 1. The Labute approximate surface area is 307 Å². The second-order valence-corrected chi connectivity index (χ2v) is 16.9. The number of rotatable bonds is 4. The zero-order valence-corrected chi connectivity index (χ0v) is 29.9. The molecule has 4 aromatic carbocycles. The Hall–Kier alpha value is -4.39. The summed E-state index contributed by atoms with van der Waals surface area (Å²) in [6.45, 7) is 0. The van der Waals surface area contributed by atoms with Gasteiger partial charge >= 0.3 is 0 Å². The molecule has 1 aromatic heterocycles. The number of benzene rings is 4. The maximum absolute atomic E-state index is 4.27. The van der Waals surface area contributed by atoms with E-state index in [0.29, 0.717) is 23.1 Å². The average molecular weight is 698 g/mol. The zero-order valence-electron chi connectivity index (χ0n) is 28.3. The van der Waals surface area contributed by atoms with Gasteiger partial charge in [0.25, 0.3) is 0 Å². The fraction of sp³-hybridized carbons (Fsp3) is 0.217. The second-order valence-electron chi connectivity index (χ2n) is 14.6. The summed E-state index contributed by atoms with van der Waals surface area (Å²) < 4.78 is 2.73. The highest BCUT2D eigenvalue weighted by Crippen LogP contribution is 2.52. The van der Waals surface area contributed by atoms with Gasteiger partial charge in [-0.3, -0.25) is 10.6 Å². The van der Waals surface area contributed by atoms with Gasteiger partial charge in [-0.05, 0) is 65.8 Å². The minimum Gasteiger partial charge on any atom is -0.337 e. The number of thioether (sulfide) groups is 1. The molecule has 1 fully saturated rings. The van der Waals surface area contributed by atoms with E-state index in [0.717, 1.165) is 19.3 Å². The first-order valence-electron chi connectivity index (χ1n) is 18.5. The van der Waals surface area contributed by atoms with Crippen LogP contribution in [-0.2, 0) is 0 Å². The predicted molar refractivity (Wildman–Crippen MR) is 216 cm³/mol. The van der Waals surface area contributed by atoms with Crippen molar-refractivity contribution >= 4 is 49.0 Å². The van der Waals surface area contributed by atoms with E-state index < -0.39 is 0 Å². The van der Waals surface area contributed by atoms with Crippen molar-refractivity contribution in [2.24, 2.45) is 0 Å². The highest BCUT2D eigenvalue weighted by atomic mass is 32.2. The molecule has 0 saturated carbocycles. The van der Waals surface area contributed by atoms with Crippen molar-refractivity contribution in [2.45, 2.75) is 65.5 Å². The van der Waals surface area contributed by atoms with Gasteiger partial charge < -0.3 is 4.90 Å². The molecule has 0 radical (unpaired) electrons. The molecule has 11 rings (SSSR count). The summed E-state index contributed by atoms with van der Waals surface area (Å²) in [4.78, 5) is 4.11. The van der Waals surface area contributed by atoms with Crippen molar-refractivity contribution in [3.8, 4) is 0 Å². The maximum Gasteiger partial charge on any atom is 0.0861 e. The molecule has 3 nitrogen and oxygen atoms in total. The summed E-state index contributed by atoms with van der Waals surface area (Å²) in [5.74, 6) is 0.788. The van der Waals surface area contributed by atoms with Crippen LogP contribution in [0.5, 0.6) is 0 Å². The zero-order chi connectivity index (χ0) is 33.5. The molecule has 5 aromatic rings. The van der Waals surface area contributed by atoms with Crippen LogP contribution in [0.1, 0.15) is 65.4 Å². The quantitative estimate of drug-likeness (QED) is 0.195. The van der Waals surface area contributed by atoms with Crippen molar-refractivity contribution in [3.05, 3.63) is 179 Å². The molecule has 5 heteroatoms. The maximum atomic E-state index is 4.27. The molecule has 0 amide bonds. The third-order valence-electron chi connectivity index (χ3n) is 11.9. The molecule has 250 valence electrons. The van der Waals surface area contributed by atoms with Crippen LogP contribution in [0.25, 0.3) is 20.2 Å². The van der Waals surface area contributed by atoms with Crippen LogP contribution in [0.4, 0.5) is 5.69 Å². The fourth-order valence-electron chi connectivity index (χ4n) is 9.76. The lowest BCUT2D eigenvalue weighted by atomic mass is 9.82. The SMILES string of the molecule is C1=CC2Sc3cccc(C4CC(c5cccc6sc7ccccc7c56)NC(C5=C(N6c7ccccc7C7C=CC=CC76)CCC=C5)N4)c3C2C=C1. The number of thiophene rings is 1. The normalized spacial score (nSPS) is 28.8. The standard InChI is InChI=1S/C46H39N3S2/c1-6-20-37-28(13-1)29-14-2-7-21-38(29)49(37)39-22-8-3-15-32(39)46-47-35(30-18-11-25-42-44(30)33-16-4-9-23-40(33)50-42)27-36(48-46)31-19-12-26-43-45(31)34-17-5-10-24-41(34)51-43/h1-7,9-21,23-26,28,33,35-37,40,46-48H,8,22,27H2. The summed E-state index contributed by atoms with van der Waals surface area (Å²) in [7, 11) is 0. The average Bonchev–Trinajstić information content (AvgIpc) is 3.87. The van der Waals surface area contributed by atoms with Gasteiger partial charge in [0.2, 0.25) is 0 Å². The topological polar surface area (TPSA) is 27.3 Å². The van der Waals surface area contributed by atoms with Gasteiger partial charge in [-0.1, -0.05) is 121 Å². The molecular weight excluding hydrogens is 659 g/mol. The number of hydrogen-bond donors (Lipinski definition) is 2. The number of nitrogens with one attached hydrogen (secondary N) is 2. The molecule has 0 spiro atoms. The van der Waals surface area contributed by atoms with E-state index >= 15 is 0 Å². The third kappa shape index (κ3) is 4.79. The van der Waals surface area contributed by atoms with Crippen LogP contribution >= 0.6 is 23.1 Å². The van der Waals surface area contributed by atoms with Crippen molar-refractivity contribution in [1.29, 1.82) is 0 Å². The van der Waals surface area contributed by atoms with E-state index in [1.165, 1.54) is 64.3 Å². The highest BCUT2D eigenvalue weighted by molar-refractivity contribution is 8.00. The molecule has 7 atom stereocenters. The lowest BCUT2D eigenvalue weighted by molar-refractivity contribution is 0.270. The number of allylic oxidation sites excluding steroid dienone is 7. The summed E-state index contributed by atoms with van der Waals surface area (Å²) in [6, 6.07) is 32.7. The Morgan fingerprint density at radius 3 is 2.37 bits per heavy atom. The van der Waals surface area contributed by atoms with Crippen LogP contribution in [0.2, 0.25) is 0 Å². The number of hydrogen-bond acceptors (Lipinski definition) is 5. The predicted octanol–water partition coefficient (Wildman–Crippen LogP) is 11.1. The van der Waals surface area contributed by atoms with Crippen LogP contribution in [0, 0.1) is 0 Å². The van der Waals surface area contributed by atoms with Gasteiger partial charge in [0.05, 0.1) is 12.2 Å². The first-order valence-corrected chi connectivity index (χ1v) is 20.2. The second kappa shape index (κ2) is 12.1. The number of nitrogens with zero attached hydrogens (tertiary/aromatic N) is 1. The minimum atomic E-state index is -0.0164. The highest BCUT2D eigenvalue weighted by Gasteiger charge is 2.42. The number of fused-ring (bicyclic) bond motifs is 9. The minimum absolute atomic E-state index is 0.0164. The molecule has 51 heavy (non-hydrogen) atoms. The van der Waals surface area contributed by atoms with Crippen molar-refractivity contribution in [2.75, 3.05) is 4.90 Å². The van der Waals surface area contributed by atoms with Gasteiger partial charge in [-0.2, -0.15) is 0 Å². The monoisotopic (exact) mass is 697 g/mol. The van der Waals surface area contributed by atoms with E-state index in [1.807, 2.05) is 23.1 Å². The first kappa shape index (κ1) is 30.3. The van der Waals surface area contributed by atoms with Crippen molar-refractivity contribution in [3.63, 3.8) is 0 Å². The van der Waals surface area contributed by atoms with Crippen LogP contribution in [0.15, 0.2) is 162 Å². The Bertz CT molecular complexity index is 2410. The van der Waals surface area contributed by atoms with Gasteiger partial charge in [-0.15, -0.1) is 23.1 Å². The van der Waals surface area contributed by atoms with Crippen LogP contribution in [-0.4, -0.2) is 17.5 Å².